The minimum absolute atomic E-state index is 0.176. The van der Waals surface area contributed by atoms with E-state index in [0.29, 0.717) is 6.61 Å². The summed E-state index contributed by atoms with van der Waals surface area (Å²) in [7, 11) is 0. The summed E-state index contributed by atoms with van der Waals surface area (Å²) >= 11 is 0. The van der Waals surface area contributed by atoms with Gasteiger partial charge in [-0.05, 0) is 5.56 Å². The van der Waals surface area contributed by atoms with Crippen LogP contribution < -0.4 is 0 Å². The van der Waals surface area contributed by atoms with Crippen LogP contribution in [0.15, 0.2) is 43.0 Å². The lowest BCUT2D eigenvalue weighted by molar-refractivity contribution is 0.136. The average molecular weight is 246 g/mol. The Bertz CT molecular complexity index is 403. The van der Waals surface area contributed by atoms with E-state index < -0.39 is 12.2 Å². The molecule has 0 heterocycles. The van der Waals surface area contributed by atoms with Crippen LogP contribution in [0, 0.1) is 11.8 Å². The van der Waals surface area contributed by atoms with Gasteiger partial charge in [-0.1, -0.05) is 48.2 Å². The molecule has 0 saturated carbocycles. The minimum Gasteiger partial charge on any atom is -0.389 e. The van der Waals surface area contributed by atoms with Crippen LogP contribution in [-0.2, 0) is 11.3 Å². The summed E-state index contributed by atoms with van der Waals surface area (Å²) in [6, 6.07) is 9.80. The first kappa shape index (κ1) is 14.5. The van der Waals surface area contributed by atoms with Gasteiger partial charge in [0.15, 0.2) is 0 Å². The summed E-state index contributed by atoms with van der Waals surface area (Å²) in [6.07, 6.45) is -0.0238. The summed E-state index contributed by atoms with van der Waals surface area (Å²) in [5.41, 5.74) is 1.09. The molecule has 0 aliphatic rings. The highest BCUT2D eigenvalue weighted by Crippen LogP contribution is 2.00. The summed E-state index contributed by atoms with van der Waals surface area (Å²) in [5.74, 6) is 5.32. The summed E-state index contributed by atoms with van der Waals surface area (Å²) < 4.78 is 5.33. The van der Waals surface area contributed by atoms with Gasteiger partial charge >= 0.3 is 0 Å². The molecule has 0 fully saturated rings. The number of rotatable bonds is 6. The van der Waals surface area contributed by atoms with Crippen LogP contribution in [0.5, 0.6) is 0 Å². The van der Waals surface area contributed by atoms with Crippen molar-refractivity contribution in [3.05, 3.63) is 48.6 Å². The molecule has 0 aliphatic carbocycles. The van der Waals surface area contributed by atoms with Crippen molar-refractivity contribution in [1.82, 2.24) is 0 Å². The molecule has 0 saturated heterocycles. The standard InChI is InChI=1S/C15H18O3/c1-2-14(16)11-15(17)9-6-10-18-12-13-7-4-3-5-8-13/h2-5,7-8,14-17H,1,10-12H2. The number of hydrogen-bond donors (Lipinski definition) is 2. The van der Waals surface area contributed by atoms with Crippen molar-refractivity contribution in [3.8, 4) is 11.8 Å². The zero-order valence-electron chi connectivity index (χ0n) is 10.2. The number of aliphatic hydroxyl groups is 2. The Morgan fingerprint density at radius 1 is 1.28 bits per heavy atom. The van der Waals surface area contributed by atoms with E-state index in [2.05, 4.69) is 18.4 Å². The number of aliphatic hydroxyl groups excluding tert-OH is 2. The van der Waals surface area contributed by atoms with E-state index in [9.17, 15) is 10.2 Å². The molecule has 2 N–H and O–H groups in total. The lowest BCUT2D eigenvalue weighted by atomic mass is 10.1. The fourth-order valence-electron chi connectivity index (χ4n) is 1.34. The van der Waals surface area contributed by atoms with Gasteiger partial charge in [-0.15, -0.1) is 6.58 Å². The highest BCUT2D eigenvalue weighted by Gasteiger charge is 2.04. The molecular formula is C15H18O3. The number of benzene rings is 1. The van der Waals surface area contributed by atoms with Gasteiger partial charge in [0.1, 0.15) is 12.7 Å². The van der Waals surface area contributed by atoms with Gasteiger partial charge in [-0.2, -0.15) is 0 Å². The van der Waals surface area contributed by atoms with Crippen molar-refractivity contribution in [3.63, 3.8) is 0 Å². The van der Waals surface area contributed by atoms with Gasteiger partial charge in [0.25, 0.3) is 0 Å². The second kappa shape index (κ2) is 8.48. The second-order valence-corrected chi connectivity index (χ2v) is 3.85. The first-order chi connectivity index (χ1) is 8.72. The molecule has 1 aromatic rings. The van der Waals surface area contributed by atoms with Gasteiger partial charge < -0.3 is 14.9 Å². The van der Waals surface area contributed by atoms with Gasteiger partial charge in [0.05, 0.1) is 12.7 Å². The lowest BCUT2D eigenvalue weighted by Crippen LogP contribution is -2.13. The van der Waals surface area contributed by atoms with Crippen LogP contribution in [0.25, 0.3) is 0 Å². The Morgan fingerprint density at radius 2 is 2.00 bits per heavy atom. The SMILES string of the molecule is C=CC(O)CC(O)C#CCOCc1ccccc1. The summed E-state index contributed by atoms with van der Waals surface area (Å²) in [5, 5.41) is 18.6. The fourth-order valence-corrected chi connectivity index (χ4v) is 1.34. The van der Waals surface area contributed by atoms with Crippen molar-refractivity contribution < 1.29 is 14.9 Å². The average Bonchev–Trinajstić information content (AvgIpc) is 2.39. The van der Waals surface area contributed by atoms with Gasteiger partial charge in [0.2, 0.25) is 0 Å². The molecule has 96 valence electrons. The van der Waals surface area contributed by atoms with Crippen LogP contribution in [0.2, 0.25) is 0 Å². The maximum atomic E-state index is 9.43. The Labute approximate surface area is 108 Å². The molecule has 0 aromatic heterocycles. The van der Waals surface area contributed by atoms with Gasteiger partial charge in [0, 0.05) is 6.42 Å². The lowest BCUT2D eigenvalue weighted by Gasteiger charge is -2.06. The van der Waals surface area contributed by atoms with Crippen molar-refractivity contribution in [2.45, 2.75) is 25.2 Å². The Hall–Kier alpha value is -1.60. The van der Waals surface area contributed by atoms with Crippen LogP contribution in [0.4, 0.5) is 0 Å². The molecule has 2 unspecified atom stereocenters. The number of hydrogen-bond acceptors (Lipinski definition) is 3. The predicted octanol–water partition coefficient (Wildman–Crippen LogP) is 1.50. The molecule has 3 nitrogen and oxygen atoms in total. The van der Waals surface area contributed by atoms with Crippen molar-refractivity contribution >= 4 is 0 Å². The first-order valence-electron chi connectivity index (χ1n) is 5.81. The molecular weight excluding hydrogens is 228 g/mol. The summed E-state index contributed by atoms with van der Waals surface area (Å²) in [4.78, 5) is 0. The molecule has 0 bridgehead atoms. The highest BCUT2D eigenvalue weighted by atomic mass is 16.5. The maximum absolute atomic E-state index is 9.43. The second-order valence-electron chi connectivity index (χ2n) is 3.85. The smallest absolute Gasteiger partial charge is 0.117 e. The molecule has 2 atom stereocenters. The molecule has 0 spiro atoms. The van der Waals surface area contributed by atoms with Crippen LogP contribution in [0.1, 0.15) is 12.0 Å². The highest BCUT2D eigenvalue weighted by molar-refractivity contribution is 5.13. The third-order valence-corrected chi connectivity index (χ3v) is 2.29. The fraction of sp³-hybridized carbons (Fsp3) is 0.333. The third kappa shape index (κ3) is 6.21. The van der Waals surface area contributed by atoms with E-state index in [4.69, 9.17) is 4.74 Å². The zero-order valence-corrected chi connectivity index (χ0v) is 10.2. The van der Waals surface area contributed by atoms with E-state index >= 15 is 0 Å². The molecule has 1 rings (SSSR count). The first-order valence-corrected chi connectivity index (χ1v) is 5.81. The monoisotopic (exact) mass is 246 g/mol. The topological polar surface area (TPSA) is 49.7 Å². The van der Waals surface area contributed by atoms with E-state index in [1.807, 2.05) is 30.3 Å². The van der Waals surface area contributed by atoms with Crippen molar-refractivity contribution in [2.75, 3.05) is 6.61 Å². The van der Waals surface area contributed by atoms with E-state index in [0.717, 1.165) is 5.56 Å². The Morgan fingerprint density at radius 3 is 2.67 bits per heavy atom. The summed E-state index contributed by atoms with van der Waals surface area (Å²) in [6.45, 7) is 4.18. The maximum Gasteiger partial charge on any atom is 0.117 e. The minimum atomic E-state index is -0.849. The zero-order chi connectivity index (χ0) is 13.2. The predicted molar refractivity (Wildman–Crippen MR) is 70.7 cm³/mol. The largest absolute Gasteiger partial charge is 0.389 e. The van der Waals surface area contributed by atoms with E-state index in [1.165, 1.54) is 6.08 Å². The molecule has 0 radical (unpaired) electrons. The normalized spacial score (nSPS) is 13.2. The van der Waals surface area contributed by atoms with Crippen LogP contribution in [-0.4, -0.2) is 29.0 Å². The van der Waals surface area contributed by atoms with Crippen LogP contribution >= 0.6 is 0 Å². The molecule has 1 aromatic carbocycles. The molecule has 0 amide bonds. The Kier molecular flexibility index (Phi) is 6.82. The van der Waals surface area contributed by atoms with Crippen molar-refractivity contribution in [1.29, 1.82) is 0 Å². The quantitative estimate of drug-likeness (QED) is 0.454. The van der Waals surface area contributed by atoms with Crippen molar-refractivity contribution in [2.24, 2.45) is 0 Å². The van der Waals surface area contributed by atoms with Gasteiger partial charge in [-0.25, -0.2) is 0 Å². The molecule has 3 heteroatoms. The molecule has 18 heavy (non-hydrogen) atoms. The van der Waals surface area contributed by atoms with Gasteiger partial charge in [-0.3, -0.25) is 0 Å². The molecule has 0 aliphatic heterocycles. The third-order valence-electron chi connectivity index (χ3n) is 2.29. The van der Waals surface area contributed by atoms with E-state index in [-0.39, 0.29) is 13.0 Å². The van der Waals surface area contributed by atoms with Crippen LogP contribution in [0.3, 0.4) is 0 Å². The van der Waals surface area contributed by atoms with E-state index in [1.54, 1.807) is 0 Å². The Balaban J connectivity index is 2.20. The number of ether oxygens (including phenoxy) is 1.